The molecule has 2 aromatic carbocycles. The Hall–Kier alpha value is -1.87. The summed E-state index contributed by atoms with van der Waals surface area (Å²) < 4.78 is 19.2. The molecule has 0 spiro atoms. The molecule has 2 atom stereocenters. The quantitative estimate of drug-likeness (QED) is 0.932. The molecule has 21 heavy (non-hydrogen) atoms. The molecular weight excluding hydrogens is 265 g/mol. The highest BCUT2D eigenvalue weighted by Gasteiger charge is 2.26. The largest absolute Gasteiger partial charge is 0.490 e. The van der Waals surface area contributed by atoms with Gasteiger partial charge in [0.1, 0.15) is 17.7 Å². The molecule has 3 heteroatoms. The lowest BCUT2D eigenvalue weighted by atomic mass is 9.91. The van der Waals surface area contributed by atoms with Gasteiger partial charge in [-0.3, -0.25) is 0 Å². The maximum Gasteiger partial charge on any atom is 0.123 e. The zero-order valence-corrected chi connectivity index (χ0v) is 12.2. The number of benzene rings is 2. The van der Waals surface area contributed by atoms with Crippen molar-refractivity contribution in [2.45, 2.75) is 31.8 Å². The van der Waals surface area contributed by atoms with Crippen LogP contribution >= 0.6 is 0 Å². The van der Waals surface area contributed by atoms with Crippen molar-refractivity contribution in [3.05, 3.63) is 65.0 Å². The van der Waals surface area contributed by atoms with Gasteiger partial charge in [-0.25, -0.2) is 4.39 Å². The predicted octanol–water partition coefficient (Wildman–Crippen LogP) is 3.57. The van der Waals surface area contributed by atoms with Gasteiger partial charge in [0.25, 0.3) is 0 Å². The van der Waals surface area contributed by atoms with E-state index in [-0.39, 0.29) is 17.8 Å². The van der Waals surface area contributed by atoms with Crippen LogP contribution in [0, 0.1) is 12.7 Å². The molecule has 0 radical (unpaired) electrons. The van der Waals surface area contributed by atoms with Crippen LogP contribution in [0.1, 0.15) is 29.0 Å². The van der Waals surface area contributed by atoms with Crippen molar-refractivity contribution in [2.24, 2.45) is 5.73 Å². The van der Waals surface area contributed by atoms with Gasteiger partial charge in [-0.15, -0.1) is 0 Å². The van der Waals surface area contributed by atoms with Gasteiger partial charge in [0.05, 0.1) is 0 Å². The van der Waals surface area contributed by atoms with E-state index >= 15 is 0 Å². The fourth-order valence-electron chi connectivity index (χ4n) is 3.03. The van der Waals surface area contributed by atoms with E-state index in [2.05, 4.69) is 31.2 Å². The molecular formula is C18H20FNO. The Morgan fingerprint density at radius 1 is 1.29 bits per heavy atom. The normalized spacial score (nSPS) is 18.1. The summed E-state index contributed by atoms with van der Waals surface area (Å²) in [7, 11) is 0. The standard InChI is InChI=1S/C18H20FNO/c1-12-3-2-4-13(7-12)15(11-20)10-17-9-14-8-16(19)5-6-18(14)21-17/h2-8,15,17H,9-11,20H2,1H3. The third kappa shape index (κ3) is 3.08. The number of hydrogen-bond donors (Lipinski definition) is 1. The summed E-state index contributed by atoms with van der Waals surface area (Å²) in [6.45, 7) is 2.68. The summed E-state index contributed by atoms with van der Waals surface area (Å²) in [5, 5.41) is 0. The number of halogens is 1. The summed E-state index contributed by atoms with van der Waals surface area (Å²) in [4.78, 5) is 0. The van der Waals surface area contributed by atoms with E-state index in [4.69, 9.17) is 10.5 Å². The van der Waals surface area contributed by atoms with Crippen molar-refractivity contribution in [1.82, 2.24) is 0 Å². The molecule has 2 N–H and O–H groups in total. The van der Waals surface area contributed by atoms with Crippen LogP contribution in [0.4, 0.5) is 4.39 Å². The number of fused-ring (bicyclic) bond motifs is 1. The molecule has 1 aliphatic heterocycles. The molecule has 2 nitrogen and oxygen atoms in total. The highest BCUT2D eigenvalue weighted by molar-refractivity contribution is 5.38. The molecule has 1 aliphatic rings. The minimum absolute atomic E-state index is 0.0795. The SMILES string of the molecule is Cc1cccc(C(CN)CC2Cc3cc(F)ccc3O2)c1. The lowest BCUT2D eigenvalue weighted by molar-refractivity contribution is 0.210. The predicted molar refractivity (Wildman–Crippen MR) is 82.1 cm³/mol. The van der Waals surface area contributed by atoms with E-state index in [0.717, 1.165) is 24.2 Å². The Labute approximate surface area is 124 Å². The molecule has 0 aromatic heterocycles. The van der Waals surface area contributed by atoms with E-state index in [1.807, 2.05) is 0 Å². The second-order valence-corrected chi connectivity index (χ2v) is 5.78. The molecule has 0 amide bonds. The summed E-state index contributed by atoms with van der Waals surface area (Å²) in [6, 6.07) is 13.2. The molecule has 0 aliphatic carbocycles. The molecule has 110 valence electrons. The highest BCUT2D eigenvalue weighted by atomic mass is 19.1. The molecule has 2 aromatic rings. The Balaban J connectivity index is 1.72. The maximum absolute atomic E-state index is 13.3. The summed E-state index contributed by atoms with van der Waals surface area (Å²) in [6.07, 6.45) is 1.70. The molecule has 0 bridgehead atoms. The third-order valence-electron chi connectivity index (χ3n) is 4.11. The van der Waals surface area contributed by atoms with E-state index in [1.165, 1.54) is 17.2 Å². The van der Waals surface area contributed by atoms with E-state index in [0.29, 0.717) is 6.54 Å². The van der Waals surface area contributed by atoms with Gasteiger partial charge in [0.15, 0.2) is 0 Å². The number of rotatable bonds is 4. The lowest BCUT2D eigenvalue weighted by Crippen LogP contribution is -2.22. The van der Waals surface area contributed by atoms with Crippen molar-refractivity contribution >= 4 is 0 Å². The van der Waals surface area contributed by atoms with Crippen LogP contribution in [-0.4, -0.2) is 12.6 Å². The summed E-state index contributed by atoms with van der Waals surface area (Å²) in [5.41, 5.74) is 9.40. The summed E-state index contributed by atoms with van der Waals surface area (Å²) >= 11 is 0. The van der Waals surface area contributed by atoms with Crippen LogP contribution in [0.2, 0.25) is 0 Å². The topological polar surface area (TPSA) is 35.2 Å². The maximum atomic E-state index is 13.3. The Morgan fingerprint density at radius 2 is 2.14 bits per heavy atom. The fraction of sp³-hybridized carbons (Fsp3) is 0.333. The molecule has 0 fully saturated rings. The fourth-order valence-corrected chi connectivity index (χ4v) is 3.03. The first-order chi connectivity index (χ1) is 10.2. The molecule has 3 rings (SSSR count). The molecule has 0 saturated heterocycles. The lowest BCUT2D eigenvalue weighted by Gasteiger charge is -2.20. The van der Waals surface area contributed by atoms with E-state index < -0.39 is 0 Å². The van der Waals surface area contributed by atoms with Gasteiger partial charge in [0, 0.05) is 12.0 Å². The smallest absolute Gasteiger partial charge is 0.123 e. The van der Waals surface area contributed by atoms with Crippen molar-refractivity contribution in [1.29, 1.82) is 0 Å². The van der Waals surface area contributed by atoms with Crippen LogP contribution < -0.4 is 10.5 Å². The average molecular weight is 285 g/mol. The number of nitrogens with two attached hydrogens (primary N) is 1. The van der Waals surface area contributed by atoms with Crippen LogP contribution in [0.25, 0.3) is 0 Å². The zero-order valence-electron chi connectivity index (χ0n) is 12.2. The monoisotopic (exact) mass is 285 g/mol. The van der Waals surface area contributed by atoms with Crippen molar-refractivity contribution in [3.63, 3.8) is 0 Å². The zero-order chi connectivity index (χ0) is 14.8. The minimum atomic E-state index is -0.202. The Bertz CT molecular complexity index is 641. The van der Waals surface area contributed by atoms with Gasteiger partial charge >= 0.3 is 0 Å². The van der Waals surface area contributed by atoms with Crippen molar-refractivity contribution in [3.8, 4) is 5.75 Å². The van der Waals surface area contributed by atoms with Gasteiger partial charge in [-0.05, 0) is 49.6 Å². The van der Waals surface area contributed by atoms with Gasteiger partial charge in [0.2, 0.25) is 0 Å². The minimum Gasteiger partial charge on any atom is -0.490 e. The summed E-state index contributed by atoms with van der Waals surface area (Å²) in [5.74, 6) is 0.877. The van der Waals surface area contributed by atoms with Crippen molar-refractivity contribution < 1.29 is 9.13 Å². The number of hydrogen-bond acceptors (Lipinski definition) is 2. The van der Waals surface area contributed by atoms with Crippen LogP contribution in [0.5, 0.6) is 5.75 Å². The van der Waals surface area contributed by atoms with Gasteiger partial charge < -0.3 is 10.5 Å². The van der Waals surface area contributed by atoms with Gasteiger partial charge in [-0.1, -0.05) is 29.8 Å². The Morgan fingerprint density at radius 3 is 2.90 bits per heavy atom. The van der Waals surface area contributed by atoms with Crippen molar-refractivity contribution in [2.75, 3.05) is 6.54 Å². The first kappa shape index (κ1) is 14.1. The number of aryl methyl sites for hydroxylation is 1. The first-order valence-corrected chi connectivity index (χ1v) is 7.37. The second-order valence-electron chi connectivity index (χ2n) is 5.78. The van der Waals surface area contributed by atoms with Crippen LogP contribution in [0.15, 0.2) is 42.5 Å². The highest BCUT2D eigenvalue weighted by Crippen LogP contribution is 2.33. The Kier molecular flexibility index (Phi) is 3.93. The van der Waals surface area contributed by atoms with Crippen LogP contribution in [0.3, 0.4) is 0 Å². The number of ether oxygens (including phenoxy) is 1. The average Bonchev–Trinajstić information content (AvgIpc) is 2.86. The third-order valence-corrected chi connectivity index (χ3v) is 4.11. The first-order valence-electron chi connectivity index (χ1n) is 7.37. The second kappa shape index (κ2) is 5.86. The van der Waals surface area contributed by atoms with Gasteiger partial charge in [-0.2, -0.15) is 0 Å². The molecule has 1 heterocycles. The van der Waals surface area contributed by atoms with E-state index in [9.17, 15) is 4.39 Å². The van der Waals surface area contributed by atoms with E-state index in [1.54, 1.807) is 12.1 Å². The molecule has 0 saturated carbocycles. The molecule has 2 unspecified atom stereocenters. The van der Waals surface area contributed by atoms with Crippen LogP contribution in [-0.2, 0) is 6.42 Å².